The number of anilines is 1. The molecule has 0 saturated carbocycles. The SMILES string of the molecule is CCCN1C[C@@H](NC(=O)c2ccc(N(C)CCO)cc2)CC1=O. The van der Waals surface area contributed by atoms with Crippen molar-refractivity contribution in [1.82, 2.24) is 10.2 Å². The molecule has 0 unspecified atom stereocenters. The molecule has 1 aliphatic heterocycles. The standard InChI is InChI=1S/C17H25N3O3/c1-3-8-20-12-14(11-16(20)22)18-17(23)13-4-6-15(7-5-13)19(2)9-10-21/h4-7,14,21H,3,8-12H2,1-2H3,(H,18,23)/t14-/m0/s1. The fourth-order valence-electron chi connectivity index (χ4n) is 2.77. The average molecular weight is 319 g/mol. The molecule has 0 radical (unpaired) electrons. The van der Waals surface area contributed by atoms with E-state index in [2.05, 4.69) is 5.32 Å². The number of likely N-dealkylation sites (N-methyl/N-ethyl adjacent to an activating group) is 1. The molecular formula is C17H25N3O3. The van der Waals surface area contributed by atoms with Crippen molar-refractivity contribution in [2.45, 2.75) is 25.8 Å². The Morgan fingerprint density at radius 2 is 2.09 bits per heavy atom. The first-order valence-electron chi connectivity index (χ1n) is 8.05. The van der Waals surface area contributed by atoms with E-state index < -0.39 is 0 Å². The molecule has 1 aromatic rings. The Balaban J connectivity index is 1.92. The summed E-state index contributed by atoms with van der Waals surface area (Å²) in [7, 11) is 1.89. The van der Waals surface area contributed by atoms with Gasteiger partial charge in [-0.05, 0) is 30.7 Å². The van der Waals surface area contributed by atoms with Crippen molar-refractivity contribution >= 4 is 17.5 Å². The fraction of sp³-hybridized carbons (Fsp3) is 0.529. The largest absolute Gasteiger partial charge is 0.395 e. The second kappa shape index (κ2) is 7.97. The van der Waals surface area contributed by atoms with E-state index in [1.54, 1.807) is 17.0 Å². The molecule has 1 fully saturated rings. The predicted molar refractivity (Wildman–Crippen MR) is 89.5 cm³/mol. The molecular weight excluding hydrogens is 294 g/mol. The van der Waals surface area contributed by atoms with Gasteiger partial charge in [0.05, 0.1) is 12.6 Å². The number of amides is 2. The van der Waals surface area contributed by atoms with Gasteiger partial charge in [-0.25, -0.2) is 0 Å². The van der Waals surface area contributed by atoms with E-state index >= 15 is 0 Å². The summed E-state index contributed by atoms with van der Waals surface area (Å²) < 4.78 is 0. The van der Waals surface area contributed by atoms with Crippen LogP contribution in [0.25, 0.3) is 0 Å². The molecule has 1 aromatic carbocycles. The zero-order valence-corrected chi connectivity index (χ0v) is 13.8. The molecule has 0 aromatic heterocycles. The molecule has 2 N–H and O–H groups in total. The highest BCUT2D eigenvalue weighted by atomic mass is 16.3. The summed E-state index contributed by atoms with van der Waals surface area (Å²) >= 11 is 0. The monoisotopic (exact) mass is 319 g/mol. The normalized spacial score (nSPS) is 17.4. The summed E-state index contributed by atoms with van der Waals surface area (Å²) in [6.07, 6.45) is 1.30. The Bertz CT molecular complexity index is 545. The molecule has 2 amide bonds. The van der Waals surface area contributed by atoms with Gasteiger partial charge in [0, 0.05) is 44.4 Å². The molecule has 0 bridgehead atoms. The van der Waals surface area contributed by atoms with Gasteiger partial charge in [0.2, 0.25) is 5.91 Å². The third kappa shape index (κ3) is 4.45. The first-order chi connectivity index (χ1) is 11.0. The first kappa shape index (κ1) is 17.3. The van der Waals surface area contributed by atoms with Gasteiger partial charge in [-0.2, -0.15) is 0 Å². The van der Waals surface area contributed by atoms with Gasteiger partial charge in [-0.3, -0.25) is 9.59 Å². The Hall–Kier alpha value is -2.08. The Kier molecular flexibility index (Phi) is 5.98. The van der Waals surface area contributed by atoms with E-state index in [0.29, 0.717) is 25.1 Å². The number of aliphatic hydroxyl groups excluding tert-OH is 1. The van der Waals surface area contributed by atoms with Crippen LogP contribution in [-0.4, -0.2) is 61.2 Å². The molecule has 6 nitrogen and oxygen atoms in total. The first-order valence-corrected chi connectivity index (χ1v) is 8.05. The van der Waals surface area contributed by atoms with Crippen molar-refractivity contribution in [3.8, 4) is 0 Å². The van der Waals surface area contributed by atoms with Crippen LogP contribution in [0, 0.1) is 0 Å². The number of carbonyl (C=O) groups excluding carboxylic acids is 2. The van der Waals surface area contributed by atoms with Crippen molar-refractivity contribution in [2.24, 2.45) is 0 Å². The van der Waals surface area contributed by atoms with Gasteiger partial charge in [-0.1, -0.05) is 6.92 Å². The minimum Gasteiger partial charge on any atom is -0.395 e. The van der Waals surface area contributed by atoms with Gasteiger partial charge >= 0.3 is 0 Å². The molecule has 0 spiro atoms. The number of nitrogens with one attached hydrogen (secondary N) is 1. The minimum absolute atomic E-state index is 0.0860. The van der Waals surface area contributed by atoms with E-state index in [1.807, 2.05) is 31.0 Å². The molecule has 1 saturated heterocycles. The summed E-state index contributed by atoms with van der Waals surface area (Å²) in [4.78, 5) is 27.8. The van der Waals surface area contributed by atoms with Crippen LogP contribution < -0.4 is 10.2 Å². The number of benzene rings is 1. The van der Waals surface area contributed by atoms with Gasteiger partial charge in [0.25, 0.3) is 5.91 Å². The highest BCUT2D eigenvalue weighted by Crippen LogP contribution is 2.15. The second-order valence-electron chi connectivity index (χ2n) is 5.91. The third-order valence-electron chi connectivity index (χ3n) is 4.05. The summed E-state index contributed by atoms with van der Waals surface area (Å²) in [6, 6.07) is 7.12. The lowest BCUT2D eigenvalue weighted by atomic mass is 10.1. The van der Waals surface area contributed by atoms with Crippen LogP contribution in [0.1, 0.15) is 30.1 Å². The van der Waals surface area contributed by atoms with Crippen molar-refractivity contribution < 1.29 is 14.7 Å². The van der Waals surface area contributed by atoms with E-state index in [4.69, 9.17) is 5.11 Å². The van der Waals surface area contributed by atoms with Crippen LogP contribution in [0.2, 0.25) is 0 Å². The second-order valence-corrected chi connectivity index (χ2v) is 5.91. The van der Waals surface area contributed by atoms with E-state index in [0.717, 1.165) is 18.7 Å². The van der Waals surface area contributed by atoms with Crippen LogP contribution in [0.4, 0.5) is 5.69 Å². The number of nitrogens with zero attached hydrogens (tertiary/aromatic N) is 2. The zero-order valence-electron chi connectivity index (χ0n) is 13.8. The van der Waals surface area contributed by atoms with Crippen LogP contribution in [0.15, 0.2) is 24.3 Å². The van der Waals surface area contributed by atoms with Crippen molar-refractivity contribution in [1.29, 1.82) is 0 Å². The van der Waals surface area contributed by atoms with Crippen LogP contribution in [0.3, 0.4) is 0 Å². The molecule has 23 heavy (non-hydrogen) atoms. The smallest absolute Gasteiger partial charge is 0.251 e. The fourth-order valence-corrected chi connectivity index (χ4v) is 2.77. The molecule has 1 heterocycles. The summed E-state index contributed by atoms with van der Waals surface area (Å²) in [5, 5.41) is 11.9. The highest BCUT2D eigenvalue weighted by Gasteiger charge is 2.29. The topological polar surface area (TPSA) is 72.9 Å². The number of hydrogen-bond donors (Lipinski definition) is 2. The number of aliphatic hydroxyl groups is 1. The van der Waals surface area contributed by atoms with Crippen molar-refractivity contribution in [2.75, 3.05) is 38.2 Å². The number of carbonyl (C=O) groups is 2. The molecule has 6 heteroatoms. The quantitative estimate of drug-likeness (QED) is 0.782. The number of rotatable bonds is 7. The molecule has 1 atom stereocenters. The molecule has 0 aliphatic carbocycles. The van der Waals surface area contributed by atoms with Crippen molar-refractivity contribution in [3.63, 3.8) is 0 Å². The maximum absolute atomic E-state index is 12.3. The zero-order chi connectivity index (χ0) is 16.8. The van der Waals surface area contributed by atoms with Crippen molar-refractivity contribution in [3.05, 3.63) is 29.8 Å². The van der Waals surface area contributed by atoms with Gasteiger partial charge in [0.15, 0.2) is 0 Å². The lowest BCUT2D eigenvalue weighted by Gasteiger charge is -2.18. The Morgan fingerprint density at radius 1 is 1.39 bits per heavy atom. The van der Waals surface area contributed by atoms with Gasteiger partial charge in [0.1, 0.15) is 0 Å². The van der Waals surface area contributed by atoms with E-state index in [1.165, 1.54) is 0 Å². The van der Waals surface area contributed by atoms with Crippen LogP contribution >= 0.6 is 0 Å². The average Bonchev–Trinajstić information content (AvgIpc) is 2.87. The van der Waals surface area contributed by atoms with Gasteiger partial charge in [-0.15, -0.1) is 0 Å². The van der Waals surface area contributed by atoms with Crippen LogP contribution in [0.5, 0.6) is 0 Å². The number of hydrogen-bond acceptors (Lipinski definition) is 4. The lowest BCUT2D eigenvalue weighted by molar-refractivity contribution is -0.127. The summed E-state index contributed by atoms with van der Waals surface area (Å²) in [6.45, 7) is 4.01. The minimum atomic E-state index is -0.155. The number of likely N-dealkylation sites (tertiary alicyclic amines) is 1. The maximum Gasteiger partial charge on any atom is 0.251 e. The van der Waals surface area contributed by atoms with Crippen LogP contribution in [-0.2, 0) is 4.79 Å². The summed E-state index contributed by atoms with van der Waals surface area (Å²) in [5.74, 6) is -0.0457. The predicted octanol–water partition coefficient (Wildman–Crippen LogP) is 0.856. The highest BCUT2D eigenvalue weighted by molar-refractivity contribution is 5.95. The molecule has 2 rings (SSSR count). The maximum atomic E-state index is 12.3. The van der Waals surface area contributed by atoms with Gasteiger partial charge < -0.3 is 20.2 Å². The summed E-state index contributed by atoms with van der Waals surface area (Å²) in [5.41, 5.74) is 1.52. The molecule has 126 valence electrons. The van der Waals surface area contributed by atoms with E-state index in [9.17, 15) is 9.59 Å². The third-order valence-corrected chi connectivity index (χ3v) is 4.05. The lowest BCUT2D eigenvalue weighted by Crippen LogP contribution is -2.37. The Labute approximate surface area is 137 Å². The molecule has 1 aliphatic rings. The van der Waals surface area contributed by atoms with E-state index in [-0.39, 0.29) is 24.5 Å². The Morgan fingerprint density at radius 3 is 2.70 bits per heavy atom.